The fourth-order valence-corrected chi connectivity index (χ4v) is 3.69. The van der Waals surface area contributed by atoms with Crippen LogP contribution in [0.15, 0.2) is 72.9 Å². The van der Waals surface area contributed by atoms with Gasteiger partial charge in [0.1, 0.15) is 16.4 Å². The average Bonchev–Trinajstić information content (AvgIpc) is 3.18. The first-order valence-corrected chi connectivity index (χ1v) is 10.2. The Kier molecular flexibility index (Phi) is 5.27. The Morgan fingerprint density at radius 3 is 2.41 bits per heavy atom. The SMILES string of the molecule is CC(C)(C)c1ccccc1Oc1ncccc1Nc1nnc(-c2ccccc2)s1. The van der Waals surface area contributed by atoms with E-state index < -0.39 is 0 Å². The van der Waals surface area contributed by atoms with Crippen LogP contribution in [-0.2, 0) is 5.41 Å². The van der Waals surface area contributed by atoms with E-state index >= 15 is 0 Å². The summed E-state index contributed by atoms with van der Waals surface area (Å²) in [4.78, 5) is 4.43. The first kappa shape index (κ1) is 19.1. The van der Waals surface area contributed by atoms with E-state index in [1.54, 1.807) is 6.20 Å². The highest BCUT2D eigenvalue weighted by atomic mass is 32.1. The summed E-state index contributed by atoms with van der Waals surface area (Å²) in [6, 6.07) is 21.8. The molecule has 0 radical (unpaired) electrons. The van der Waals surface area contributed by atoms with Crippen molar-refractivity contribution in [3.05, 3.63) is 78.5 Å². The summed E-state index contributed by atoms with van der Waals surface area (Å²) in [7, 11) is 0. The summed E-state index contributed by atoms with van der Waals surface area (Å²) in [6.45, 7) is 6.50. The molecule has 0 atom stereocenters. The van der Waals surface area contributed by atoms with Gasteiger partial charge in [0.05, 0.1) is 0 Å². The molecule has 0 saturated carbocycles. The molecule has 0 fully saturated rings. The highest BCUT2D eigenvalue weighted by Crippen LogP contribution is 2.37. The zero-order valence-corrected chi connectivity index (χ0v) is 17.4. The Morgan fingerprint density at radius 1 is 0.862 bits per heavy atom. The Bertz CT molecular complexity index is 1100. The predicted molar refractivity (Wildman–Crippen MR) is 118 cm³/mol. The molecule has 2 aromatic carbocycles. The lowest BCUT2D eigenvalue weighted by Crippen LogP contribution is -2.12. The van der Waals surface area contributed by atoms with Crippen molar-refractivity contribution in [2.45, 2.75) is 26.2 Å². The normalized spacial score (nSPS) is 11.3. The van der Waals surface area contributed by atoms with Gasteiger partial charge in [-0.1, -0.05) is 80.6 Å². The van der Waals surface area contributed by atoms with Gasteiger partial charge in [0.2, 0.25) is 11.0 Å². The lowest BCUT2D eigenvalue weighted by atomic mass is 9.86. The number of hydrogen-bond donors (Lipinski definition) is 1. The lowest BCUT2D eigenvalue weighted by molar-refractivity contribution is 0.442. The van der Waals surface area contributed by atoms with E-state index in [1.807, 2.05) is 60.7 Å². The molecule has 4 rings (SSSR count). The first-order chi connectivity index (χ1) is 14.0. The highest BCUT2D eigenvalue weighted by molar-refractivity contribution is 7.18. The summed E-state index contributed by atoms with van der Waals surface area (Å²) in [6.07, 6.45) is 1.72. The molecule has 0 aliphatic heterocycles. The van der Waals surface area contributed by atoms with Gasteiger partial charge in [0.25, 0.3) is 0 Å². The monoisotopic (exact) mass is 402 g/mol. The molecule has 0 unspecified atom stereocenters. The predicted octanol–water partition coefficient (Wildman–Crippen LogP) is 6.43. The molecule has 29 heavy (non-hydrogen) atoms. The van der Waals surface area contributed by atoms with Crippen LogP contribution in [0.3, 0.4) is 0 Å². The second-order valence-corrected chi connectivity index (χ2v) is 8.59. The largest absolute Gasteiger partial charge is 0.437 e. The van der Waals surface area contributed by atoms with E-state index in [0.29, 0.717) is 11.0 Å². The number of nitrogens with one attached hydrogen (secondary N) is 1. The Labute approximate surface area is 174 Å². The molecule has 6 heteroatoms. The number of hydrogen-bond acceptors (Lipinski definition) is 6. The third kappa shape index (κ3) is 4.43. The van der Waals surface area contributed by atoms with Gasteiger partial charge < -0.3 is 10.1 Å². The Hall–Kier alpha value is -3.25. The van der Waals surface area contributed by atoms with Crippen molar-refractivity contribution in [2.75, 3.05) is 5.32 Å². The minimum Gasteiger partial charge on any atom is -0.437 e. The molecule has 5 nitrogen and oxygen atoms in total. The number of para-hydroxylation sites is 1. The second-order valence-electron chi connectivity index (χ2n) is 7.61. The maximum atomic E-state index is 6.21. The molecule has 0 saturated heterocycles. The molecule has 0 aliphatic carbocycles. The third-order valence-corrected chi connectivity index (χ3v) is 5.25. The van der Waals surface area contributed by atoms with Crippen LogP contribution in [0.4, 0.5) is 10.8 Å². The zero-order valence-electron chi connectivity index (χ0n) is 16.6. The molecule has 2 aromatic heterocycles. The van der Waals surface area contributed by atoms with Crippen LogP contribution in [-0.4, -0.2) is 15.2 Å². The highest BCUT2D eigenvalue weighted by Gasteiger charge is 2.20. The fraction of sp³-hybridized carbons (Fsp3) is 0.174. The Balaban J connectivity index is 1.60. The van der Waals surface area contributed by atoms with E-state index in [2.05, 4.69) is 47.3 Å². The summed E-state index contributed by atoms with van der Waals surface area (Å²) >= 11 is 1.49. The van der Waals surface area contributed by atoms with Gasteiger partial charge in [0, 0.05) is 17.3 Å². The molecule has 0 amide bonds. The molecular weight excluding hydrogens is 380 g/mol. The number of ether oxygens (including phenoxy) is 1. The van der Waals surface area contributed by atoms with Crippen molar-refractivity contribution in [1.29, 1.82) is 0 Å². The van der Waals surface area contributed by atoms with Crippen LogP contribution in [0, 0.1) is 0 Å². The maximum Gasteiger partial charge on any atom is 0.243 e. The minimum absolute atomic E-state index is 0.0389. The van der Waals surface area contributed by atoms with Gasteiger partial charge in [-0.05, 0) is 23.6 Å². The van der Waals surface area contributed by atoms with Gasteiger partial charge in [-0.2, -0.15) is 0 Å². The molecule has 146 valence electrons. The molecule has 0 bridgehead atoms. The fourth-order valence-electron chi connectivity index (χ4n) is 2.93. The standard InChI is InChI=1S/C23H22N4OS/c1-23(2,3)17-12-7-8-14-19(17)28-20-18(13-9-15-24-20)25-22-27-26-21(29-22)16-10-5-4-6-11-16/h4-15H,1-3H3,(H,25,27). The van der Waals surface area contributed by atoms with E-state index in [0.717, 1.165) is 27.6 Å². The number of benzene rings is 2. The van der Waals surface area contributed by atoms with Gasteiger partial charge in [0.15, 0.2) is 0 Å². The first-order valence-electron chi connectivity index (χ1n) is 9.39. The number of rotatable bonds is 5. The van der Waals surface area contributed by atoms with E-state index in [4.69, 9.17) is 4.74 Å². The maximum absolute atomic E-state index is 6.21. The van der Waals surface area contributed by atoms with Crippen LogP contribution in [0.2, 0.25) is 0 Å². The van der Waals surface area contributed by atoms with E-state index in [1.165, 1.54) is 11.3 Å². The van der Waals surface area contributed by atoms with E-state index in [9.17, 15) is 0 Å². The van der Waals surface area contributed by atoms with Crippen molar-refractivity contribution in [2.24, 2.45) is 0 Å². The second kappa shape index (κ2) is 8.01. The zero-order chi connectivity index (χ0) is 20.3. The van der Waals surface area contributed by atoms with Gasteiger partial charge in [-0.15, -0.1) is 10.2 Å². The number of pyridine rings is 1. The third-order valence-electron chi connectivity index (χ3n) is 4.36. The molecular formula is C23H22N4OS. The van der Waals surface area contributed by atoms with Crippen LogP contribution in [0.25, 0.3) is 10.6 Å². The molecule has 0 aliphatic rings. The summed E-state index contributed by atoms with van der Waals surface area (Å²) in [5.74, 6) is 1.30. The minimum atomic E-state index is -0.0389. The van der Waals surface area contributed by atoms with Crippen LogP contribution >= 0.6 is 11.3 Å². The van der Waals surface area contributed by atoms with Crippen molar-refractivity contribution in [1.82, 2.24) is 15.2 Å². The number of nitrogens with zero attached hydrogens (tertiary/aromatic N) is 3. The molecule has 0 spiro atoms. The number of aromatic nitrogens is 3. The van der Waals surface area contributed by atoms with Gasteiger partial charge >= 0.3 is 0 Å². The van der Waals surface area contributed by atoms with E-state index in [-0.39, 0.29) is 5.41 Å². The van der Waals surface area contributed by atoms with Crippen LogP contribution < -0.4 is 10.1 Å². The Morgan fingerprint density at radius 2 is 1.62 bits per heavy atom. The van der Waals surface area contributed by atoms with Crippen molar-refractivity contribution in [3.8, 4) is 22.2 Å². The quantitative estimate of drug-likeness (QED) is 0.416. The van der Waals surface area contributed by atoms with Crippen LogP contribution in [0.5, 0.6) is 11.6 Å². The van der Waals surface area contributed by atoms with Crippen molar-refractivity contribution < 1.29 is 4.74 Å². The smallest absolute Gasteiger partial charge is 0.243 e. The summed E-state index contributed by atoms with van der Waals surface area (Å²) in [5.41, 5.74) is 2.87. The van der Waals surface area contributed by atoms with Gasteiger partial charge in [-0.25, -0.2) is 4.98 Å². The number of anilines is 2. The van der Waals surface area contributed by atoms with Gasteiger partial charge in [-0.3, -0.25) is 0 Å². The van der Waals surface area contributed by atoms with Crippen molar-refractivity contribution >= 4 is 22.2 Å². The lowest BCUT2D eigenvalue weighted by Gasteiger charge is -2.22. The molecule has 4 aromatic rings. The average molecular weight is 403 g/mol. The molecule has 1 N–H and O–H groups in total. The topological polar surface area (TPSA) is 59.9 Å². The van der Waals surface area contributed by atoms with Crippen LogP contribution in [0.1, 0.15) is 26.3 Å². The molecule has 2 heterocycles. The van der Waals surface area contributed by atoms with Crippen molar-refractivity contribution in [3.63, 3.8) is 0 Å². The summed E-state index contributed by atoms with van der Waals surface area (Å²) < 4.78 is 6.21. The summed E-state index contributed by atoms with van der Waals surface area (Å²) in [5, 5.41) is 13.4.